The second kappa shape index (κ2) is 4.77. The summed E-state index contributed by atoms with van der Waals surface area (Å²) < 4.78 is 5.73. The van der Waals surface area contributed by atoms with E-state index < -0.39 is 0 Å². The third kappa shape index (κ3) is 2.17. The van der Waals surface area contributed by atoms with Gasteiger partial charge in [0.2, 0.25) is 0 Å². The zero-order valence-electron chi connectivity index (χ0n) is 11.3. The summed E-state index contributed by atoms with van der Waals surface area (Å²) in [7, 11) is 0. The summed E-state index contributed by atoms with van der Waals surface area (Å²) in [4.78, 5) is 0. The Kier molecular flexibility index (Phi) is 3.13. The predicted molar refractivity (Wildman–Crippen MR) is 75.0 cm³/mol. The molecule has 1 saturated heterocycles. The summed E-state index contributed by atoms with van der Waals surface area (Å²) in [5.41, 5.74) is 3.77. The van der Waals surface area contributed by atoms with Gasteiger partial charge in [-0.15, -0.1) is 0 Å². The number of aryl methyl sites for hydroxylation is 2. The Bertz CT molecular complexity index is 549. The maximum atomic E-state index is 5.73. The van der Waals surface area contributed by atoms with Crippen molar-refractivity contribution in [2.75, 3.05) is 13.1 Å². The number of furan rings is 1. The normalized spacial score (nSPS) is 17.4. The van der Waals surface area contributed by atoms with Crippen molar-refractivity contribution in [1.29, 1.82) is 0 Å². The molecule has 2 nitrogen and oxygen atoms in total. The molecule has 1 fully saturated rings. The molecule has 0 saturated carbocycles. The lowest BCUT2D eigenvalue weighted by Gasteiger charge is -2.22. The van der Waals surface area contributed by atoms with Crippen LogP contribution in [0.3, 0.4) is 0 Å². The topological polar surface area (TPSA) is 25.2 Å². The van der Waals surface area contributed by atoms with Gasteiger partial charge in [0.1, 0.15) is 11.3 Å². The zero-order chi connectivity index (χ0) is 12.5. The van der Waals surface area contributed by atoms with E-state index in [0.717, 1.165) is 17.3 Å². The molecule has 0 amide bonds. The van der Waals surface area contributed by atoms with E-state index in [1.54, 1.807) is 0 Å². The molecule has 1 aliphatic rings. The molecule has 18 heavy (non-hydrogen) atoms. The summed E-state index contributed by atoms with van der Waals surface area (Å²) in [6.07, 6.45) is 3.82. The van der Waals surface area contributed by atoms with E-state index >= 15 is 0 Å². The number of nitrogens with one attached hydrogen (secondary N) is 1. The van der Waals surface area contributed by atoms with Crippen LogP contribution in [-0.4, -0.2) is 13.1 Å². The van der Waals surface area contributed by atoms with Crippen LogP contribution in [0, 0.1) is 19.8 Å². The molecular weight excluding hydrogens is 222 g/mol. The van der Waals surface area contributed by atoms with Crippen LogP contribution in [0.4, 0.5) is 0 Å². The third-order valence-electron chi connectivity index (χ3n) is 4.22. The maximum Gasteiger partial charge on any atom is 0.134 e. The van der Waals surface area contributed by atoms with E-state index in [1.165, 1.54) is 48.9 Å². The maximum absolute atomic E-state index is 5.73. The Hall–Kier alpha value is -1.28. The van der Waals surface area contributed by atoms with Crippen LogP contribution >= 0.6 is 0 Å². The predicted octanol–water partition coefficient (Wildman–Crippen LogP) is 3.59. The Morgan fingerprint density at radius 1 is 1.22 bits per heavy atom. The van der Waals surface area contributed by atoms with Gasteiger partial charge >= 0.3 is 0 Å². The minimum Gasteiger partial charge on any atom is -0.461 e. The van der Waals surface area contributed by atoms with Crippen LogP contribution in [0.1, 0.15) is 29.7 Å². The first-order chi connectivity index (χ1) is 8.74. The molecule has 0 bridgehead atoms. The molecule has 0 atom stereocenters. The second-order valence-electron chi connectivity index (χ2n) is 5.51. The highest BCUT2D eigenvalue weighted by atomic mass is 16.3. The second-order valence-corrected chi connectivity index (χ2v) is 5.51. The molecule has 0 aliphatic carbocycles. The number of benzene rings is 1. The van der Waals surface area contributed by atoms with Gasteiger partial charge in [-0.1, -0.05) is 6.07 Å². The Morgan fingerprint density at radius 2 is 2.00 bits per heavy atom. The van der Waals surface area contributed by atoms with Crippen molar-refractivity contribution < 1.29 is 4.42 Å². The van der Waals surface area contributed by atoms with Crippen LogP contribution < -0.4 is 5.32 Å². The minimum atomic E-state index is 0.844. The van der Waals surface area contributed by atoms with Crippen LogP contribution in [0.5, 0.6) is 0 Å². The van der Waals surface area contributed by atoms with Gasteiger partial charge in [-0.2, -0.15) is 0 Å². The molecule has 0 radical (unpaired) electrons. The van der Waals surface area contributed by atoms with Gasteiger partial charge in [0, 0.05) is 5.39 Å². The first-order valence-corrected chi connectivity index (χ1v) is 6.93. The third-order valence-corrected chi connectivity index (χ3v) is 4.22. The summed E-state index contributed by atoms with van der Waals surface area (Å²) in [6.45, 7) is 6.55. The highest BCUT2D eigenvalue weighted by Crippen LogP contribution is 2.27. The average Bonchev–Trinajstić information content (AvgIpc) is 2.67. The minimum absolute atomic E-state index is 0.844. The quantitative estimate of drug-likeness (QED) is 0.872. The van der Waals surface area contributed by atoms with E-state index in [2.05, 4.69) is 30.4 Å². The van der Waals surface area contributed by atoms with Crippen LogP contribution in [-0.2, 0) is 6.42 Å². The molecule has 1 aromatic heterocycles. The molecule has 96 valence electrons. The van der Waals surface area contributed by atoms with Crippen LogP contribution in [0.25, 0.3) is 11.0 Å². The van der Waals surface area contributed by atoms with E-state index in [-0.39, 0.29) is 0 Å². The lowest BCUT2D eigenvalue weighted by molar-refractivity contribution is 0.373. The van der Waals surface area contributed by atoms with Crippen molar-refractivity contribution in [2.24, 2.45) is 5.92 Å². The monoisotopic (exact) mass is 243 g/mol. The van der Waals surface area contributed by atoms with Gasteiger partial charge in [0.05, 0.1) is 0 Å². The molecule has 0 unspecified atom stereocenters. The van der Waals surface area contributed by atoms with Crippen molar-refractivity contribution in [3.8, 4) is 0 Å². The van der Waals surface area contributed by atoms with Crippen molar-refractivity contribution in [2.45, 2.75) is 33.1 Å². The molecule has 2 heterocycles. The number of rotatable bonds is 2. The van der Waals surface area contributed by atoms with Gasteiger partial charge in [-0.25, -0.2) is 0 Å². The molecule has 2 heteroatoms. The molecule has 2 aromatic rings. The van der Waals surface area contributed by atoms with E-state index in [4.69, 9.17) is 4.42 Å². The zero-order valence-corrected chi connectivity index (χ0v) is 11.3. The summed E-state index contributed by atoms with van der Waals surface area (Å²) >= 11 is 0. The number of hydrogen-bond donors (Lipinski definition) is 1. The SMILES string of the molecule is Cc1oc2ccc(CC3CCNCC3)cc2c1C. The van der Waals surface area contributed by atoms with E-state index in [9.17, 15) is 0 Å². The molecular formula is C16H21NO. The van der Waals surface area contributed by atoms with Gasteiger partial charge in [-0.3, -0.25) is 0 Å². The Labute approximate surface area is 108 Å². The first kappa shape index (κ1) is 11.8. The van der Waals surface area contributed by atoms with Crippen molar-refractivity contribution >= 4 is 11.0 Å². The molecule has 1 aliphatic heterocycles. The first-order valence-electron chi connectivity index (χ1n) is 6.93. The molecule has 1 N–H and O–H groups in total. The van der Waals surface area contributed by atoms with Crippen molar-refractivity contribution in [3.63, 3.8) is 0 Å². The fourth-order valence-electron chi connectivity index (χ4n) is 2.94. The van der Waals surface area contributed by atoms with Gasteiger partial charge in [-0.05, 0) is 75.4 Å². The fourth-order valence-corrected chi connectivity index (χ4v) is 2.94. The van der Waals surface area contributed by atoms with Crippen molar-refractivity contribution in [1.82, 2.24) is 5.32 Å². The highest BCUT2D eigenvalue weighted by Gasteiger charge is 2.14. The van der Waals surface area contributed by atoms with Crippen LogP contribution in [0.15, 0.2) is 22.6 Å². The Morgan fingerprint density at radius 3 is 2.78 bits per heavy atom. The Balaban J connectivity index is 1.85. The number of hydrogen-bond acceptors (Lipinski definition) is 2. The molecule has 3 rings (SSSR count). The van der Waals surface area contributed by atoms with Crippen molar-refractivity contribution in [3.05, 3.63) is 35.1 Å². The lowest BCUT2D eigenvalue weighted by Crippen LogP contribution is -2.28. The van der Waals surface area contributed by atoms with E-state index in [1.807, 2.05) is 6.92 Å². The largest absolute Gasteiger partial charge is 0.461 e. The molecule has 1 aromatic carbocycles. The van der Waals surface area contributed by atoms with Gasteiger partial charge < -0.3 is 9.73 Å². The molecule has 0 spiro atoms. The van der Waals surface area contributed by atoms with Gasteiger partial charge in [0.25, 0.3) is 0 Å². The van der Waals surface area contributed by atoms with Crippen LogP contribution in [0.2, 0.25) is 0 Å². The lowest BCUT2D eigenvalue weighted by atomic mass is 9.90. The smallest absolute Gasteiger partial charge is 0.134 e. The number of piperidine rings is 1. The fraction of sp³-hybridized carbons (Fsp3) is 0.500. The van der Waals surface area contributed by atoms with E-state index in [0.29, 0.717) is 0 Å². The number of fused-ring (bicyclic) bond motifs is 1. The van der Waals surface area contributed by atoms with Gasteiger partial charge in [0.15, 0.2) is 0 Å². The summed E-state index contributed by atoms with van der Waals surface area (Å²) in [5, 5.41) is 4.72. The average molecular weight is 243 g/mol. The standard InChI is InChI=1S/C16H21NO/c1-11-12(2)18-16-4-3-14(10-15(11)16)9-13-5-7-17-8-6-13/h3-4,10,13,17H,5-9H2,1-2H3. The summed E-state index contributed by atoms with van der Waals surface area (Å²) in [6, 6.07) is 6.68. The highest BCUT2D eigenvalue weighted by molar-refractivity contribution is 5.82. The summed E-state index contributed by atoms with van der Waals surface area (Å²) in [5.74, 6) is 1.89.